The van der Waals surface area contributed by atoms with Gasteiger partial charge in [-0.25, -0.2) is 0 Å². The van der Waals surface area contributed by atoms with E-state index in [1.807, 2.05) is 30.3 Å². The summed E-state index contributed by atoms with van der Waals surface area (Å²) < 4.78 is 4.97. The number of allylic oxidation sites excluding steroid dienone is 3. The van der Waals surface area contributed by atoms with E-state index in [-0.39, 0.29) is 16.8 Å². The van der Waals surface area contributed by atoms with Gasteiger partial charge in [-0.15, -0.1) is 0 Å². The van der Waals surface area contributed by atoms with E-state index < -0.39 is 0 Å². The second-order valence-electron chi connectivity index (χ2n) is 3.37. The van der Waals surface area contributed by atoms with Crippen LogP contribution >= 0.6 is 12.2 Å². The average Bonchev–Trinajstić information content (AvgIpc) is 2.69. The Morgan fingerprint density at radius 1 is 1.28 bits per heavy atom. The number of carbonyl (C=O) groups is 1. The molecule has 0 aromatic heterocycles. The Bertz CT molecular complexity index is 591. The third-order valence-corrected chi connectivity index (χ3v) is 2.24. The van der Waals surface area contributed by atoms with E-state index in [4.69, 9.17) is 17.0 Å². The molecule has 1 N–H and O–H groups in total. The van der Waals surface area contributed by atoms with Gasteiger partial charge >= 0.3 is 0 Å². The van der Waals surface area contributed by atoms with Gasteiger partial charge in [-0.3, -0.25) is 10.1 Å². The van der Waals surface area contributed by atoms with Crippen LogP contribution in [0.2, 0.25) is 0 Å². The molecule has 1 aromatic carbocycles. The van der Waals surface area contributed by atoms with Crippen molar-refractivity contribution in [2.45, 2.75) is 0 Å². The maximum atomic E-state index is 11.2. The van der Waals surface area contributed by atoms with Crippen LogP contribution in [0.15, 0.2) is 54.3 Å². The number of amides is 1. The van der Waals surface area contributed by atoms with Crippen molar-refractivity contribution < 1.29 is 9.53 Å². The highest BCUT2D eigenvalue weighted by atomic mass is 32.1. The molecule has 1 amide bonds. The van der Waals surface area contributed by atoms with Gasteiger partial charge in [-0.1, -0.05) is 30.0 Å². The topological polar surface area (TPSA) is 38.3 Å². The zero-order chi connectivity index (χ0) is 12.8. The standard InChI is InChI=1S/C14H9NO2S/c16-13-12(17-14(18)15-13)10-6-2-5-9-11-7-3-1-4-8-11/h1-4,6-8,10H,(H,15,16,18)/b6-2+,12-10+. The molecular formula is C14H9NO2S. The monoisotopic (exact) mass is 255 g/mol. The minimum absolute atomic E-state index is 0.0787. The molecule has 1 saturated heterocycles. The second kappa shape index (κ2) is 5.80. The van der Waals surface area contributed by atoms with Crippen LogP contribution in [-0.2, 0) is 9.53 Å². The number of thiocarbonyl (C=S) groups is 1. The zero-order valence-electron chi connectivity index (χ0n) is 9.34. The van der Waals surface area contributed by atoms with Gasteiger partial charge in [-0.2, -0.15) is 0 Å². The Balaban J connectivity index is 1.97. The van der Waals surface area contributed by atoms with E-state index in [2.05, 4.69) is 17.2 Å². The number of carbonyl (C=O) groups excluding carboxylic acids is 1. The molecule has 0 atom stereocenters. The van der Waals surface area contributed by atoms with Gasteiger partial charge in [0.15, 0.2) is 5.76 Å². The molecule has 0 radical (unpaired) electrons. The largest absolute Gasteiger partial charge is 0.426 e. The molecule has 1 fully saturated rings. The second-order valence-corrected chi connectivity index (χ2v) is 3.74. The summed E-state index contributed by atoms with van der Waals surface area (Å²) in [5.74, 6) is 5.66. The summed E-state index contributed by atoms with van der Waals surface area (Å²) in [5, 5.41) is 2.44. The van der Waals surface area contributed by atoms with Gasteiger partial charge in [0.05, 0.1) is 0 Å². The maximum Gasteiger partial charge on any atom is 0.294 e. The van der Waals surface area contributed by atoms with Gasteiger partial charge in [-0.05, 0) is 42.6 Å². The van der Waals surface area contributed by atoms with Crippen molar-refractivity contribution >= 4 is 23.3 Å². The fourth-order valence-electron chi connectivity index (χ4n) is 1.27. The van der Waals surface area contributed by atoms with E-state index in [0.29, 0.717) is 0 Å². The lowest BCUT2D eigenvalue weighted by Crippen LogP contribution is -2.18. The molecule has 18 heavy (non-hydrogen) atoms. The number of nitrogens with one attached hydrogen (secondary N) is 1. The highest BCUT2D eigenvalue weighted by Crippen LogP contribution is 2.06. The van der Waals surface area contributed by atoms with E-state index in [1.54, 1.807) is 12.2 Å². The van der Waals surface area contributed by atoms with Crippen LogP contribution in [0.4, 0.5) is 0 Å². The molecule has 1 aromatic rings. The predicted molar refractivity (Wildman–Crippen MR) is 72.4 cm³/mol. The number of rotatable bonds is 1. The molecular weight excluding hydrogens is 246 g/mol. The highest BCUT2D eigenvalue weighted by molar-refractivity contribution is 7.80. The first-order valence-corrected chi connectivity index (χ1v) is 5.63. The summed E-state index contributed by atoms with van der Waals surface area (Å²) in [7, 11) is 0. The maximum absolute atomic E-state index is 11.2. The molecule has 88 valence electrons. The summed E-state index contributed by atoms with van der Waals surface area (Å²) >= 11 is 4.69. The fourth-order valence-corrected chi connectivity index (χ4v) is 1.45. The Kier molecular flexibility index (Phi) is 3.90. The van der Waals surface area contributed by atoms with Gasteiger partial charge in [0.2, 0.25) is 0 Å². The van der Waals surface area contributed by atoms with Crippen molar-refractivity contribution in [2.75, 3.05) is 0 Å². The summed E-state index contributed by atoms with van der Waals surface area (Å²) in [5.41, 5.74) is 0.936. The molecule has 0 bridgehead atoms. The Labute approximate surface area is 110 Å². The van der Waals surface area contributed by atoms with Crippen LogP contribution in [0.25, 0.3) is 0 Å². The van der Waals surface area contributed by atoms with E-state index in [1.165, 1.54) is 6.08 Å². The van der Waals surface area contributed by atoms with Crippen LogP contribution in [0, 0.1) is 11.8 Å². The van der Waals surface area contributed by atoms with Gasteiger partial charge in [0.1, 0.15) is 0 Å². The first-order chi connectivity index (χ1) is 8.75. The normalized spacial score (nSPS) is 16.3. The smallest absolute Gasteiger partial charge is 0.294 e. The van der Waals surface area contributed by atoms with Crippen LogP contribution in [0.3, 0.4) is 0 Å². The molecule has 2 rings (SSSR count). The zero-order valence-corrected chi connectivity index (χ0v) is 10.2. The molecule has 1 heterocycles. The van der Waals surface area contributed by atoms with Crippen molar-refractivity contribution in [3.05, 3.63) is 59.9 Å². The molecule has 3 nitrogen and oxygen atoms in total. The van der Waals surface area contributed by atoms with Crippen molar-refractivity contribution in [3.8, 4) is 11.8 Å². The van der Waals surface area contributed by atoms with E-state index in [9.17, 15) is 4.79 Å². The molecule has 1 aliphatic heterocycles. The van der Waals surface area contributed by atoms with Crippen LogP contribution in [0.1, 0.15) is 5.56 Å². The number of hydrogen-bond donors (Lipinski definition) is 1. The van der Waals surface area contributed by atoms with Crippen molar-refractivity contribution in [3.63, 3.8) is 0 Å². The number of benzene rings is 1. The first kappa shape index (κ1) is 12.1. The van der Waals surface area contributed by atoms with E-state index >= 15 is 0 Å². The van der Waals surface area contributed by atoms with Crippen LogP contribution in [-0.4, -0.2) is 11.1 Å². The molecule has 0 unspecified atom stereocenters. The van der Waals surface area contributed by atoms with Crippen molar-refractivity contribution in [1.82, 2.24) is 5.32 Å². The van der Waals surface area contributed by atoms with Gasteiger partial charge in [0.25, 0.3) is 11.1 Å². The number of hydrogen-bond acceptors (Lipinski definition) is 3. The lowest BCUT2D eigenvalue weighted by atomic mass is 10.2. The minimum Gasteiger partial charge on any atom is -0.426 e. The SMILES string of the molecule is O=C1NC(=S)O/C1=C/C=C/C#Cc1ccccc1. The molecule has 4 heteroatoms. The minimum atomic E-state index is -0.333. The summed E-state index contributed by atoms with van der Waals surface area (Å²) in [6, 6.07) is 9.63. The van der Waals surface area contributed by atoms with E-state index in [0.717, 1.165) is 5.56 Å². The molecule has 1 aliphatic rings. The summed E-state index contributed by atoms with van der Waals surface area (Å²) in [6.45, 7) is 0. The Morgan fingerprint density at radius 3 is 2.72 bits per heavy atom. The third kappa shape index (κ3) is 3.30. The fraction of sp³-hybridized carbons (Fsp3) is 0. The van der Waals surface area contributed by atoms with Gasteiger partial charge in [0, 0.05) is 5.56 Å². The first-order valence-electron chi connectivity index (χ1n) is 5.22. The van der Waals surface area contributed by atoms with Crippen LogP contribution in [0.5, 0.6) is 0 Å². The van der Waals surface area contributed by atoms with Crippen molar-refractivity contribution in [2.24, 2.45) is 0 Å². The van der Waals surface area contributed by atoms with Crippen LogP contribution < -0.4 is 5.32 Å². The molecule has 0 saturated carbocycles. The quantitative estimate of drug-likeness (QED) is 0.473. The summed E-state index contributed by atoms with van der Waals surface area (Å²) in [6.07, 6.45) is 4.80. The Morgan fingerprint density at radius 2 is 2.06 bits per heavy atom. The predicted octanol–water partition coefficient (Wildman–Crippen LogP) is 1.91. The average molecular weight is 255 g/mol. The highest BCUT2D eigenvalue weighted by Gasteiger charge is 2.21. The van der Waals surface area contributed by atoms with Crippen molar-refractivity contribution in [1.29, 1.82) is 0 Å². The Hall–Kier alpha value is -2.38. The molecule has 0 aliphatic carbocycles. The lowest BCUT2D eigenvalue weighted by Gasteiger charge is -1.88. The van der Waals surface area contributed by atoms with Gasteiger partial charge < -0.3 is 4.74 Å². The third-order valence-electron chi connectivity index (χ3n) is 2.06. The molecule has 0 spiro atoms. The lowest BCUT2D eigenvalue weighted by molar-refractivity contribution is -0.116. The number of ether oxygens (including phenoxy) is 1. The summed E-state index contributed by atoms with van der Waals surface area (Å²) in [4.78, 5) is 11.2.